The molecule has 0 aliphatic rings. The number of benzene rings is 2. The van der Waals surface area contributed by atoms with E-state index in [4.69, 9.17) is 0 Å². The van der Waals surface area contributed by atoms with Crippen LogP contribution in [0.2, 0.25) is 0 Å². The molecule has 0 saturated carbocycles. The molecule has 0 atom stereocenters. The van der Waals surface area contributed by atoms with Gasteiger partial charge in [-0.15, -0.1) is 0 Å². The summed E-state index contributed by atoms with van der Waals surface area (Å²) in [6.45, 7) is 6.32. The number of rotatable bonds is 4. The molecule has 0 aliphatic carbocycles. The highest BCUT2D eigenvalue weighted by molar-refractivity contribution is 6.04. The van der Waals surface area contributed by atoms with Crippen LogP contribution in [0.5, 0.6) is 0 Å². The van der Waals surface area contributed by atoms with Gasteiger partial charge in [0, 0.05) is 34.9 Å². The van der Waals surface area contributed by atoms with Crippen molar-refractivity contribution in [3.63, 3.8) is 0 Å². The number of nitrogens with zero attached hydrogens (tertiary/aromatic N) is 3. The van der Waals surface area contributed by atoms with Crippen molar-refractivity contribution in [2.45, 2.75) is 27.2 Å². The Kier molecular flexibility index (Phi) is 4.47. The van der Waals surface area contributed by atoms with Crippen LogP contribution in [0.3, 0.4) is 0 Å². The maximum absolute atomic E-state index is 13.3. The van der Waals surface area contributed by atoms with Gasteiger partial charge < -0.3 is 4.90 Å². The van der Waals surface area contributed by atoms with Crippen molar-refractivity contribution in [2.75, 3.05) is 11.4 Å². The Bertz CT molecular complexity index is 1250. The lowest BCUT2D eigenvalue weighted by molar-refractivity contribution is -0.117. The molecule has 1 amide bonds. The minimum Gasteiger partial charge on any atom is -0.312 e. The van der Waals surface area contributed by atoms with Crippen molar-refractivity contribution in [1.82, 2.24) is 14.6 Å². The van der Waals surface area contributed by atoms with Gasteiger partial charge in [-0.3, -0.25) is 14.7 Å². The predicted octanol–water partition coefficient (Wildman–Crippen LogP) is 3.39. The van der Waals surface area contributed by atoms with E-state index in [-0.39, 0.29) is 17.9 Å². The lowest BCUT2D eigenvalue weighted by atomic mass is 10.1. The number of aromatic nitrogens is 3. The van der Waals surface area contributed by atoms with Crippen LogP contribution in [-0.4, -0.2) is 27.0 Å². The molecule has 0 aliphatic heterocycles. The van der Waals surface area contributed by atoms with Crippen molar-refractivity contribution in [3.05, 3.63) is 75.8 Å². The first kappa shape index (κ1) is 18.0. The van der Waals surface area contributed by atoms with E-state index < -0.39 is 0 Å². The molecule has 4 aromatic rings. The number of carbonyl (C=O) groups is 1. The van der Waals surface area contributed by atoms with E-state index in [0.29, 0.717) is 12.2 Å². The number of hydrogen-bond acceptors (Lipinski definition) is 3. The van der Waals surface area contributed by atoms with Gasteiger partial charge in [0.1, 0.15) is 0 Å². The number of aryl methyl sites for hydroxylation is 2. The van der Waals surface area contributed by atoms with Crippen molar-refractivity contribution in [3.8, 4) is 0 Å². The molecule has 2 aromatic heterocycles. The third-order valence-electron chi connectivity index (χ3n) is 5.21. The average molecular weight is 374 g/mol. The van der Waals surface area contributed by atoms with Crippen molar-refractivity contribution in [2.24, 2.45) is 0 Å². The van der Waals surface area contributed by atoms with Gasteiger partial charge in [-0.1, -0.05) is 36.4 Å². The van der Waals surface area contributed by atoms with Crippen LogP contribution in [0.15, 0.2) is 53.3 Å². The Morgan fingerprint density at radius 2 is 1.89 bits per heavy atom. The second-order valence-corrected chi connectivity index (χ2v) is 6.89. The van der Waals surface area contributed by atoms with E-state index in [1.807, 2.05) is 68.1 Å². The van der Waals surface area contributed by atoms with E-state index in [1.165, 1.54) is 6.07 Å². The fourth-order valence-corrected chi connectivity index (χ4v) is 3.78. The van der Waals surface area contributed by atoms with Gasteiger partial charge in [-0.25, -0.2) is 9.50 Å². The molecule has 0 fully saturated rings. The zero-order valence-electron chi connectivity index (χ0n) is 16.2. The third kappa shape index (κ3) is 2.97. The number of hydrogen-bond donors (Lipinski definition) is 1. The molecule has 0 spiro atoms. The molecular formula is C22H22N4O2. The zero-order valence-corrected chi connectivity index (χ0v) is 16.2. The Morgan fingerprint density at radius 1 is 1.14 bits per heavy atom. The molecular weight excluding hydrogens is 352 g/mol. The molecule has 2 heterocycles. The largest absolute Gasteiger partial charge is 0.312 e. The van der Waals surface area contributed by atoms with Crippen molar-refractivity contribution in [1.29, 1.82) is 0 Å². The summed E-state index contributed by atoms with van der Waals surface area (Å²) >= 11 is 0. The number of amides is 1. The molecule has 0 saturated heterocycles. The first-order valence-electron chi connectivity index (χ1n) is 9.35. The van der Waals surface area contributed by atoms with Gasteiger partial charge in [-0.05, 0) is 32.2 Å². The fourth-order valence-electron chi connectivity index (χ4n) is 3.78. The van der Waals surface area contributed by atoms with E-state index in [0.717, 1.165) is 33.4 Å². The number of fused-ring (bicyclic) bond motifs is 2. The topological polar surface area (TPSA) is 70.5 Å². The summed E-state index contributed by atoms with van der Waals surface area (Å²) in [5, 5.41) is 4.90. The Labute approximate surface area is 162 Å². The summed E-state index contributed by atoms with van der Waals surface area (Å²) in [6, 6.07) is 15.5. The zero-order chi connectivity index (χ0) is 19.8. The lowest BCUT2D eigenvalue weighted by Gasteiger charge is -2.23. The minimum absolute atomic E-state index is 0.000654. The molecule has 6 heteroatoms. The van der Waals surface area contributed by atoms with E-state index in [2.05, 4.69) is 10.1 Å². The fraction of sp³-hybridized carbons (Fsp3) is 0.227. The molecule has 1 N–H and O–H groups in total. The summed E-state index contributed by atoms with van der Waals surface area (Å²) < 4.78 is 1.64. The van der Waals surface area contributed by atoms with Gasteiger partial charge in [-0.2, -0.15) is 0 Å². The van der Waals surface area contributed by atoms with Crippen LogP contribution >= 0.6 is 0 Å². The quantitative estimate of drug-likeness (QED) is 0.595. The maximum Gasteiger partial charge on any atom is 0.266 e. The Hall–Kier alpha value is -3.41. The van der Waals surface area contributed by atoms with Crippen molar-refractivity contribution < 1.29 is 4.79 Å². The number of H-pyrrole nitrogens is 1. The molecule has 6 nitrogen and oxygen atoms in total. The number of anilines is 1. The smallest absolute Gasteiger partial charge is 0.266 e. The Balaban J connectivity index is 1.74. The standard InChI is InChI=1S/C22H22N4O2/c1-4-25(19-11-7-9-16-8-5-6-10-17(16)19)22(28)12-18-14(2)23-20-13-21(27)24-26(20)15(18)3/h5-11,13H,4,12H2,1-3H3,(H,24,27). The van der Waals surface area contributed by atoms with Crippen molar-refractivity contribution >= 4 is 28.0 Å². The first-order valence-corrected chi connectivity index (χ1v) is 9.35. The second kappa shape index (κ2) is 6.96. The molecule has 4 rings (SSSR count). The van der Waals surface area contributed by atoms with Gasteiger partial charge in [0.15, 0.2) is 5.65 Å². The summed E-state index contributed by atoms with van der Waals surface area (Å²) in [6.07, 6.45) is 0.220. The number of likely N-dealkylation sites (N-methyl/N-ethyl adjacent to an activating group) is 1. The average Bonchev–Trinajstić information content (AvgIpc) is 3.06. The van der Waals surface area contributed by atoms with Crippen LogP contribution in [0.4, 0.5) is 5.69 Å². The predicted molar refractivity (Wildman–Crippen MR) is 111 cm³/mol. The molecule has 28 heavy (non-hydrogen) atoms. The second-order valence-electron chi connectivity index (χ2n) is 6.89. The monoisotopic (exact) mass is 374 g/mol. The van der Waals surface area contributed by atoms with Gasteiger partial charge in [0.25, 0.3) is 5.56 Å². The minimum atomic E-state index is -0.204. The first-order chi connectivity index (χ1) is 13.5. The molecule has 0 radical (unpaired) electrons. The summed E-state index contributed by atoms with van der Waals surface area (Å²) in [7, 11) is 0. The van der Waals surface area contributed by atoms with Crippen LogP contribution in [-0.2, 0) is 11.2 Å². The molecule has 0 bridgehead atoms. The molecule has 142 valence electrons. The van der Waals surface area contributed by atoms with Crippen LogP contribution < -0.4 is 10.5 Å². The van der Waals surface area contributed by atoms with Gasteiger partial charge >= 0.3 is 0 Å². The number of aromatic amines is 1. The van der Waals surface area contributed by atoms with E-state index >= 15 is 0 Å². The number of carbonyl (C=O) groups excluding carboxylic acids is 1. The lowest BCUT2D eigenvalue weighted by Crippen LogP contribution is -2.32. The maximum atomic E-state index is 13.3. The highest BCUT2D eigenvalue weighted by Gasteiger charge is 2.20. The highest BCUT2D eigenvalue weighted by atomic mass is 16.2. The summed E-state index contributed by atoms with van der Waals surface area (Å²) in [5.74, 6) is 0.000654. The van der Waals surface area contributed by atoms with Crippen LogP contribution in [0.1, 0.15) is 23.9 Å². The van der Waals surface area contributed by atoms with E-state index in [1.54, 1.807) is 4.52 Å². The summed E-state index contributed by atoms with van der Waals surface area (Å²) in [4.78, 5) is 31.2. The van der Waals surface area contributed by atoms with Crippen LogP contribution in [0.25, 0.3) is 16.4 Å². The van der Waals surface area contributed by atoms with E-state index in [9.17, 15) is 9.59 Å². The molecule has 2 aromatic carbocycles. The highest BCUT2D eigenvalue weighted by Crippen LogP contribution is 2.27. The SMILES string of the molecule is CCN(C(=O)Cc1c(C)nc2cc(=O)[nH]n2c1C)c1cccc2ccccc12. The number of nitrogens with one attached hydrogen (secondary N) is 1. The van der Waals surface area contributed by atoms with Gasteiger partial charge in [0.2, 0.25) is 5.91 Å². The van der Waals surface area contributed by atoms with Crippen LogP contribution in [0, 0.1) is 13.8 Å². The Morgan fingerprint density at radius 3 is 2.68 bits per heavy atom. The summed E-state index contributed by atoms with van der Waals surface area (Å²) in [5.41, 5.74) is 3.69. The van der Waals surface area contributed by atoms with Gasteiger partial charge in [0.05, 0.1) is 12.1 Å². The molecule has 0 unspecified atom stereocenters. The third-order valence-corrected chi connectivity index (χ3v) is 5.21. The normalized spacial score (nSPS) is 11.2.